The van der Waals surface area contributed by atoms with Crippen LogP contribution in [-0.4, -0.2) is 22.8 Å². The molecule has 1 unspecified atom stereocenters. The van der Waals surface area contributed by atoms with Gasteiger partial charge in [-0.15, -0.1) is 0 Å². The van der Waals surface area contributed by atoms with Crippen molar-refractivity contribution in [1.82, 2.24) is 10.3 Å². The second-order valence-corrected chi connectivity index (χ2v) is 3.30. The Morgan fingerprint density at radius 2 is 2.12 bits per heavy atom. The number of nitrogens with one attached hydrogen (secondary N) is 2. The molecule has 0 saturated heterocycles. The maximum absolute atomic E-state index is 12.7. The number of hydrogen-bond donors (Lipinski definition) is 2. The first kappa shape index (κ1) is 12.1. The van der Waals surface area contributed by atoms with Crippen molar-refractivity contribution in [2.45, 2.75) is 19.9 Å². The van der Waals surface area contributed by atoms with Crippen molar-refractivity contribution in [3.05, 3.63) is 24.3 Å². The Kier molecular flexibility index (Phi) is 3.93. The van der Waals surface area contributed by atoms with E-state index in [1.165, 1.54) is 20.0 Å². The number of anilines is 1. The molecule has 0 saturated carbocycles. The van der Waals surface area contributed by atoms with E-state index in [9.17, 15) is 14.0 Å². The van der Waals surface area contributed by atoms with Gasteiger partial charge in [-0.1, -0.05) is 0 Å². The van der Waals surface area contributed by atoms with Gasteiger partial charge in [-0.05, 0) is 6.92 Å². The van der Waals surface area contributed by atoms with Crippen LogP contribution in [0.3, 0.4) is 0 Å². The van der Waals surface area contributed by atoms with Crippen LogP contribution in [0.5, 0.6) is 0 Å². The third-order valence-electron chi connectivity index (χ3n) is 1.79. The van der Waals surface area contributed by atoms with E-state index in [2.05, 4.69) is 15.6 Å². The molecule has 0 aromatic carbocycles. The summed E-state index contributed by atoms with van der Waals surface area (Å²) < 4.78 is 12.7. The quantitative estimate of drug-likeness (QED) is 0.794. The fourth-order valence-electron chi connectivity index (χ4n) is 1.10. The van der Waals surface area contributed by atoms with E-state index < -0.39 is 17.8 Å². The predicted molar refractivity (Wildman–Crippen MR) is 56.1 cm³/mol. The zero-order valence-electron chi connectivity index (χ0n) is 8.95. The highest BCUT2D eigenvalue weighted by Crippen LogP contribution is 2.06. The van der Waals surface area contributed by atoms with Crippen molar-refractivity contribution in [3.63, 3.8) is 0 Å². The first-order chi connectivity index (χ1) is 7.49. The molecule has 0 aliphatic carbocycles. The molecule has 1 aromatic rings. The molecule has 6 heteroatoms. The maximum atomic E-state index is 12.7. The van der Waals surface area contributed by atoms with E-state index in [1.807, 2.05) is 0 Å². The molecule has 0 bridgehead atoms. The smallest absolute Gasteiger partial charge is 0.246 e. The molecule has 1 aromatic heterocycles. The van der Waals surface area contributed by atoms with Crippen molar-refractivity contribution >= 4 is 17.5 Å². The minimum absolute atomic E-state index is 0.252. The first-order valence-electron chi connectivity index (χ1n) is 4.67. The van der Waals surface area contributed by atoms with Gasteiger partial charge in [0.25, 0.3) is 0 Å². The number of hydrogen-bond acceptors (Lipinski definition) is 3. The molecule has 0 aliphatic rings. The van der Waals surface area contributed by atoms with Crippen LogP contribution in [0, 0.1) is 5.82 Å². The van der Waals surface area contributed by atoms with Crippen LogP contribution < -0.4 is 10.6 Å². The molecule has 1 heterocycles. The van der Waals surface area contributed by atoms with E-state index in [1.54, 1.807) is 0 Å². The highest BCUT2D eigenvalue weighted by Gasteiger charge is 2.13. The molecular formula is C10H12FN3O2. The van der Waals surface area contributed by atoms with E-state index in [0.717, 1.165) is 12.3 Å². The van der Waals surface area contributed by atoms with Gasteiger partial charge >= 0.3 is 0 Å². The molecule has 2 amide bonds. The maximum Gasteiger partial charge on any atom is 0.246 e. The second-order valence-electron chi connectivity index (χ2n) is 3.30. The minimum atomic E-state index is -0.680. The highest BCUT2D eigenvalue weighted by atomic mass is 19.1. The van der Waals surface area contributed by atoms with Crippen molar-refractivity contribution < 1.29 is 14.0 Å². The number of carbonyl (C=O) groups excluding carboxylic acids is 2. The Bertz CT molecular complexity index is 409. The van der Waals surface area contributed by atoms with Crippen LogP contribution in [-0.2, 0) is 9.59 Å². The summed E-state index contributed by atoms with van der Waals surface area (Å²) in [5, 5.41) is 4.84. The van der Waals surface area contributed by atoms with Gasteiger partial charge in [-0.25, -0.2) is 4.39 Å². The number of carbonyl (C=O) groups is 2. The van der Waals surface area contributed by atoms with Crippen molar-refractivity contribution in [2.24, 2.45) is 0 Å². The summed E-state index contributed by atoms with van der Waals surface area (Å²) in [5.74, 6) is -1.27. The lowest BCUT2D eigenvalue weighted by atomic mass is 10.3. The SMILES string of the molecule is CC(=O)NC(C)C(=O)Nc1cncc(F)c1. The molecule has 5 nitrogen and oxygen atoms in total. The topological polar surface area (TPSA) is 71.1 Å². The van der Waals surface area contributed by atoms with Crippen LogP contribution in [0.2, 0.25) is 0 Å². The molecule has 0 radical (unpaired) electrons. The van der Waals surface area contributed by atoms with Crippen LogP contribution in [0.4, 0.5) is 10.1 Å². The average molecular weight is 225 g/mol. The zero-order valence-corrected chi connectivity index (χ0v) is 8.95. The molecule has 2 N–H and O–H groups in total. The molecule has 16 heavy (non-hydrogen) atoms. The van der Waals surface area contributed by atoms with Gasteiger partial charge in [0.15, 0.2) is 0 Å². The summed E-state index contributed by atoms with van der Waals surface area (Å²) in [6, 6.07) is 0.464. The van der Waals surface area contributed by atoms with Crippen LogP contribution >= 0.6 is 0 Å². The van der Waals surface area contributed by atoms with Crippen LogP contribution in [0.1, 0.15) is 13.8 Å². The molecule has 1 rings (SSSR count). The van der Waals surface area contributed by atoms with Crippen molar-refractivity contribution in [3.8, 4) is 0 Å². The lowest BCUT2D eigenvalue weighted by Crippen LogP contribution is -2.40. The molecule has 86 valence electrons. The van der Waals surface area contributed by atoms with E-state index in [4.69, 9.17) is 0 Å². The van der Waals surface area contributed by atoms with Crippen LogP contribution in [0.15, 0.2) is 18.5 Å². The predicted octanol–water partition coefficient (Wildman–Crippen LogP) is 0.684. The summed E-state index contributed by atoms with van der Waals surface area (Å²) in [6.45, 7) is 2.84. The largest absolute Gasteiger partial charge is 0.345 e. The van der Waals surface area contributed by atoms with E-state index in [-0.39, 0.29) is 11.6 Å². The Labute approximate surface area is 92.1 Å². The van der Waals surface area contributed by atoms with Gasteiger partial charge in [-0.2, -0.15) is 0 Å². The normalized spacial score (nSPS) is 11.7. The molecular weight excluding hydrogens is 213 g/mol. The minimum Gasteiger partial charge on any atom is -0.345 e. The Hall–Kier alpha value is -1.98. The number of rotatable bonds is 3. The summed E-state index contributed by atoms with van der Waals surface area (Å²) in [5.41, 5.74) is 0.252. The van der Waals surface area contributed by atoms with Gasteiger partial charge in [-0.3, -0.25) is 14.6 Å². The van der Waals surface area contributed by atoms with Gasteiger partial charge in [0.05, 0.1) is 18.1 Å². The highest BCUT2D eigenvalue weighted by molar-refractivity contribution is 5.96. The molecule has 0 fully saturated rings. The van der Waals surface area contributed by atoms with Gasteiger partial charge in [0.1, 0.15) is 11.9 Å². The number of amides is 2. The number of halogens is 1. The fraction of sp³-hybridized carbons (Fsp3) is 0.300. The van der Waals surface area contributed by atoms with Crippen molar-refractivity contribution in [1.29, 1.82) is 0 Å². The molecule has 1 atom stereocenters. The average Bonchev–Trinajstić information content (AvgIpc) is 2.16. The first-order valence-corrected chi connectivity index (χ1v) is 4.67. The third-order valence-corrected chi connectivity index (χ3v) is 1.79. The lowest BCUT2D eigenvalue weighted by molar-refractivity contribution is -0.124. The number of pyridine rings is 1. The monoisotopic (exact) mass is 225 g/mol. The van der Waals surface area contributed by atoms with Gasteiger partial charge in [0, 0.05) is 13.0 Å². The van der Waals surface area contributed by atoms with Crippen LogP contribution in [0.25, 0.3) is 0 Å². The fourth-order valence-corrected chi connectivity index (χ4v) is 1.10. The number of nitrogens with zero attached hydrogens (tertiary/aromatic N) is 1. The standard InChI is InChI=1S/C10H12FN3O2/c1-6(13-7(2)15)10(16)14-9-3-8(11)4-12-5-9/h3-6H,1-2H3,(H,13,15)(H,14,16). The summed E-state index contributed by atoms with van der Waals surface area (Å²) in [4.78, 5) is 25.8. The van der Waals surface area contributed by atoms with Gasteiger partial charge in [0.2, 0.25) is 11.8 Å². The summed E-state index contributed by atoms with van der Waals surface area (Å²) >= 11 is 0. The zero-order chi connectivity index (χ0) is 12.1. The molecule has 0 spiro atoms. The van der Waals surface area contributed by atoms with E-state index >= 15 is 0 Å². The van der Waals surface area contributed by atoms with E-state index in [0.29, 0.717) is 0 Å². The molecule has 0 aliphatic heterocycles. The van der Waals surface area contributed by atoms with Gasteiger partial charge < -0.3 is 10.6 Å². The Balaban J connectivity index is 2.60. The lowest BCUT2D eigenvalue weighted by Gasteiger charge is -2.12. The Morgan fingerprint density at radius 3 is 2.69 bits per heavy atom. The van der Waals surface area contributed by atoms with Crippen molar-refractivity contribution in [2.75, 3.05) is 5.32 Å². The third kappa shape index (κ3) is 3.64. The summed E-state index contributed by atoms with van der Waals surface area (Å²) in [6.07, 6.45) is 2.36. The number of aromatic nitrogens is 1. The Morgan fingerprint density at radius 1 is 1.44 bits per heavy atom. The summed E-state index contributed by atoms with van der Waals surface area (Å²) in [7, 11) is 0. The second kappa shape index (κ2) is 5.20.